The zero-order chi connectivity index (χ0) is 12.3. The summed E-state index contributed by atoms with van der Waals surface area (Å²) in [5.74, 6) is -0.265. The summed E-state index contributed by atoms with van der Waals surface area (Å²) in [6.45, 7) is 2.17. The highest BCUT2D eigenvalue weighted by atomic mass is 16.1. The monoisotopic (exact) mass is 232 g/mol. The van der Waals surface area contributed by atoms with Crippen LogP contribution in [0.3, 0.4) is 0 Å². The topological polar surface area (TPSA) is 85.6 Å². The predicted molar refractivity (Wildman–Crippen MR) is 58.9 cm³/mol. The molecule has 7 nitrogen and oxygen atoms in total. The van der Waals surface area contributed by atoms with Gasteiger partial charge in [0.05, 0.1) is 24.1 Å². The number of hydrogen-bond acceptors (Lipinski definition) is 5. The minimum Gasteiger partial charge on any atom is -0.345 e. The molecule has 0 aromatic carbocycles. The quantitative estimate of drug-likeness (QED) is 0.795. The van der Waals surface area contributed by atoms with Crippen LogP contribution in [0.15, 0.2) is 18.3 Å². The molecule has 1 amide bonds. The molecular weight excluding hydrogens is 220 g/mol. The lowest BCUT2D eigenvalue weighted by atomic mass is 10.3. The summed E-state index contributed by atoms with van der Waals surface area (Å²) in [4.78, 5) is 11.7. The molecule has 0 fully saturated rings. The molecule has 0 atom stereocenters. The van der Waals surface area contributed by atoms with Gasteiger partial charge in [0, 0.05) is 7.05 Å². The van der Waals surface area contributed by atoms with E-state index in [1.54, 1.807) is 30.1 Å². The molecule has 2 aromatic rings. The predicted octanol–water partition coefficient (Wildman–Crippen LogP) is -0.156. The first-order chi connectivity index (χ1) is 8.16. The first-order valence-corrected chi connectivity index (χ1v) is 5.09. The Labute approximate surface area is 97.9 Å². The lowest BCUT2D eigenvalue weighted by molar-refractivity contribution is 0.0944. The highest BCUT2D eigenvalue weighted by Crippen LogP contribution is 1.97. The van der Waals surface area contributed by atoms with Gasteiger partial charge in [0.2, 0.25) is 0 Å². The standard InChI is InChI=1S/C10H12N6O/c1-7-3-4-9(14-13-7)10(17)11-5-8-6-12-15-16(8)2/h3-4,6H,5H2,1-2H3,(H,11,17). The minimum atomic E-state index is -0.265. The van der Waals surface area contributed by atoms with Crippen molar-refractivity contribution in [3.8, 4) is 0 Å². The molecule has 0 aliphatic heterocycles. The highest BCUT2D eigenvalue weighted by Gasteiger charge is 2.08. The molecule has 0 radical (unpaired) electrons. The molecule has 0 aliphatic rings. The van der Waals surface area contributed by atoms with E-state index in [1.165, 1.54) is 0 Å². The van der Waals surface area contributed by atoms with Gasteiger partial charge in [-0.25, -0.2) is 0 Å². The van der Waals surface area contributed by atoms with Crippen LogP contribution in [0, 0.1) is 6.92 Å². The number of rotatable bonds is 3. The van der Waals surface area contributed by atoms with E-state index in [0.29, 0.717) is 12.2 Å². The van der Waals surface area contributed by atoms with Crippen molar-refractivity contribution in [2.75, 3.05) is 0 Å². The summed E-state index contributed by atoms with van der Waals surface area (Å²) in [6, 6.07) is 3.38. The third-order valence-electron chi connectivity index (χ3n) is 2.27. The lowest BCUT2D eigenvalue weighted by Crippen LogP contribution is -2.25. The summed E-state index contributed by atoms with van der Waals surface area (Å²) < 4.78 is 1.60. The second-order valence-corrected chi connectivity index (χ2v) is 3.59. The maximum absolute atomic E-state index is 11.7. The largest absolute Gasteiger partial charge is 0.345 e. The average Bonchev–Trinajstić information content (AvgIpc) is 2.73. The van der Waals surface area contributed by atoms with Gasteiger partial charge in [-0.3, -0.25) is 9.48 Å². The van der Waals surface area contributed by atoms with E-state index in [4.69, 9.17) is 0 Å². The van der Waals surface area contributed by atoms with Crippen LogP contribution >= 0.6 is 0 Å². The number of aryl methyl sites for hydroxylation is 2. The van der Waals surface area contributed by atoms with E-state index in [2.05, 4.69) is 25.8 Å². The van der Waals surface area contributed by atoms with E-state index in [0.717, 1.165) is 11.4 Å². The number of carbonyl (C=O) groups is 1. The smallest absolute Gasteiger partial charge is 0.272 e. The number of hydrogen-bond donors (Lipinski definition) is 1. The van der Waals surface area contributed by atoms with Crippen molar-refractivity contribution >= 4 is 5.91 Å². The number of nitrogens with one attached hydrogen (secondary N) is 1. The van der Waals surface area contributed by atoms with Crippen LogP contribution in [0.25, 0.3) is 0 Å². The molecule has 17 heavy (non-hydrogen) atoms. The van der Waals surface area contributed by atoms with Crippen molar-refractivity contribution in [2.45, 2.75) is 13.5 Å². The van der Waals surface area contributed by atoms with Crippen LogP contribution in [0.4, 0.5) is 0 Å². The molecule has 2 heterocycles. The second-order valence-electron chi connectivity index (χ2n) is 3.59. The zero-order valence-electron chi connectivity index (χ0n) is 9.58. The number of amides is 1. The number of carbonyl (C=O) groups excluding carboxylic acids is 1. The molecule has 7 heteroatoms. The molecule has 0 aliphatic carbocycles. The van der Waals surface area contributed by atoms with Crippen molar-refractivity contribution in [1.29, 1.82) is 0 Å². The van der Waals surface area contributed by atoms with Gasteiger partial charge in [-0.05, 0) is 19.1 Å². The Morgan fingerprint density at radius 1 is 1.41 bits per heavy atom. The van der Waals surface area contributed by atoms with Gasteiger partial charge in [-0.1, -0.05) is 5.21 Å². The minimum absolute atomic E-state index is 0.265. The summed E-state index contributed by atoms with van der Waals surface area (Å²) in [5.41, 5.74) is 1.89. The van der Waals surface area contributed by atoms with Gasteiger partial charge < -0.3 is 5.32 Å². The molecular formula is C10H12N6O. The van der Waals surface area contributed by atoms with Crippen LogP contribution in [0.1, 0.15) is 21.9 Å². The maximum Gasteiger partial charge on any atom is 0.272 e. The van der Waals surface area contributed by atoms with Gasteiger partial charge >= 0.3 is 0 Å². The van der Waals surface area contributed by atoms with E-state index >= 15 is 0 Å². The van der Waals surface area contributed by atoms with Gasteiger partial charge in [-0.15, -0.1) is 10.2 Å². The zero-order valence-corrected chi connectivity index (χ0v) is 9.58. The Bertz CT molecular complexity index is 518. The van der Waals surface area contributed by atoms with Crippen LogP contribution in [0.2, 0.25) is 0 Å². The van der Waals surface area contributed by atoms with Gasteiger partial charge in [0.1, 0.15) is 0 Å². The summed E-state index contributed by atoms with van der Waals surface area (Å²) in [5, 5.41) is 17.8. The molecule has 0 saturated heterocycles. The summed E-state index contributed by atoms with van der Waals surface area (Å²) in [6.07, 6.45) is 1.60. The Kier molecular flexibility index (Phi) is 3.08. The SMILES string of the molecule is Cc1ccc(C(=O)NCc2cnnn2C)nn1. The van der Waals surface area contributed by atoms with Crippen molar-refractivity contribution in [1.82, 2.24) is 30.5 Å². The highest BCUT2D eigenvalue weighted by molar-refractivity contribution is 5.91. The molecule has 2 rings (SSSR count). The third-order valence-corrected chi connectivity index (χ3v) is 2.27. The fourth-order valence-electron chi connectivity index (χ4n) is 1.25. The van der Waals surface area contributed by atoms with Crippen molar-refractivity contribution in [3.05, 3.63) is 35.4 Å². The van der Waals surface area contributed by atoms with E-state index < -0.39 is 0 Å². The summed E-state index contributed by atoms with van der Waals surface area (Å²) >= 11 is 0. The van der Waals surface area contributed by atoms with E-state index in [1.807, 2.05) is 6.92 Å². The fourth-order valence-corrected chi connectivity index (χ4v) is 1.25. The Morgan fingerprint density at radius 3 is 2.82 bits per heavy atom. The molecule has 0 bridgehead atoms. The van der Waals surface area contributed by atoms with Crippen LogP contribution in [0.5, 0.6) is 0 Å². The Morgan fingerprint density at radius 2 is 2.24 bits per heavy atom. The second kappa shape index (κ2) is 4.69. The van der Waals surface area contributed by atoms with Gasteiger partial charge in [0.15, 0.2) is 5.69 Å². The van der Waals surface area contributed by atoms with Crippen molar-refractivity contribution in [3.63, 3.8) is 0 Å². The normalized spacial score (nSPS) is 10.2. The van der Waals surface area contributed by atoms with Crippen LogP contribution < -0.4 is 5.32 Å². The first-order valence-electron chi connectivity index (χ1n) is 5.09. The molecule has 88 valence electrons. The van der Waals surface area contributed by atoms with Gasteiger partial charge in [0.25, 0.3) is 5.91 Å². The van der Waals surface area contributed by atoms with E-state index in [9.17, 15) is 4.79 Å². The molecule has 0 unspecified atom stereocenters. The van der Waals surface area contributed by atoms with Gasteiger partial charge in [-0.2, -0.15) is 5.10 Å². The summed E-state index contributed by atoms with van der Waals surface area (Å²) in [7, 11) is 1.76. The van der Waals surface area contributed by atoms with Crippen LogP contribution in [-0.4, -0.2) is 31.1 Å². The molecule has 0 spiro atoms. The molecule has 2 aromatic heterocycles. The van der Waals surface area contributed by atoms with Crippen LogP contribution in [-0.2, 0) is 13.6 Å². The molecule has 1 N–H and O–H groups in total. The Balaban J connectivity index is 1.98. The Hall–Kier alpha value is -2.31. The lowest BCUT2D eigenvalue weighted by Gasteiger charge is -2.03. The number of nitrogens with zero attached hydrogens (tertiary/aromatic N) is 5. The molecule has 0 saturated carbocycles. The maximum atomic E-state index is 11.7. The van der Waals surface area contributed by atoms with Crippen molar-refractivity contribution in [2.24, 2.45) is 7.05 Å². The fraction of sp³-hybridized carbons (Fsp3) is 0.300. The number of aromatic nitrogens is 5. The average molecular weight is 232 g/mol. The van der Waals surface area contributed by atoms with E-state index in [-0.39, 0.29) is 5.91 Å². The van der Waals surface area contributed by atoms with Crippen molar-refractivity contribution < 1.29 is 4.79 Å². The third kappa shape index (κ3) is 2.63. The first kappa shape index (κ1) is 11.2.